The van der Waals surface area contributed by atoms with Crippen molar-refractivity contribution >= 4 is 34.2 Å². The average molecular weight is 472 g/mol. The molecule has 1 aliphatic rings. The van der Waals surface area contributed by atoms with Crippen molar-refractivity contribution in [3.63, 3.8) is 0 Å². The van der Waals surface area contributed by atoms with E-state index in [2.05, 4.69) is 5.32 Å². The Kier molecular flexibility index (Phi) is 6.66. The van der Waals surface area contributed by atoms with E-state index < -0.39 is 11.6 Å². The number of carbonyl (C=O) groups excluding carboxylic acids is 3. The zero-order valence-corrected chi connectivity index (χ0v) is 21.1. The molecule has 1 atom stereocenters. The van der Waals surface area contributed by atoms with E-state index >= 15 is 0 Å². The van der Waals surface area contributed by atoms with Gasteiger partial charge in [0.2, 0.25) is 11.8 Å². The Morgan fingerprint density at radius 1 is 1.00 bits per heavy atom. The van der Waals surface area contributed by atoms with E-state index in [1.807, 2.05) is 89.2 Å². The normalized spacial score (nSPS) is 13.7. The molecule has 0 unspecified atom stereocenters. The van der Waals surface area contributed by atoms with Crippen LogP contribution in [0.25, 0.3) is 10.8 Å². The molecule has 0 saturated carbocycles. The number of rotatable bonds is 7. The summed E-state index contributed by atoms with van der Waals surface area (Å²) in [5.41, 5.74) is 2.97. The molecule has 0 spiro atoms. The standard InChI is InChI=1S/C29H33N3O3/c1-6-23(27(34)30-29(3,4)5)31(17-20-15-13-19(2)14-16-20)25(33)18-32-24-12-8-10-21-9-7-11-22(26(21)24)28(32)35/h7-16,23H,6,17-18H2,1-5H3,(H,30,34)/t23-/m1/s1. The molecule has 0 bridgehead atoms. The van der Waals surface area contributed by atoms with Gasteiger partial charge in [-0.25, -0.2) is 0 Å². The van der Waals surface area contributed by atoms with Gasteiger partial charge in [0.25, 0.3) is 5.91 Å². The van der Waals surface area contributed by atoms with Gasteiger partial charge < -0.3 is 10.2 Å². The summed E-state index contributed by atoms with van der Waals surface area (Å²) >= 11 is 0. The van der Waals surface area contributed by atoms with Gasteiger partial charge in [-0.1, -0.05) is 61.0 Å². The van der Waals surface area contributed by atoms with Gasteiger partial charge in [0.05, 0.1) is 5.69 Å². The first kappa shape index (κ1) is 24.5. The fraction of sp³-hybridized carbons (Fsp3) is 0.345. The van der Waals surface area contributed by atoms with Crippen molar-refractivity contribution in [2.45, 2.75) is 59.2 Å². The topological polar surface area (TPSA) is 69.7 Å². The Morgan fingerprint density at radius 3 is 2.29 bits per heavy atom. The minimum Gasteiger partial charge on any atom is -0.350 e. The minimum absolute atomic E-state index is 0.127. The summed E-state index contributed by atoms with van der Waals surface area (Å²) < 4.78 is 0. The summed E-state index contributed by atoms with van der Waals surface area (Å²) in [6.07, 6.45) is 0.462. The minimum atomic E-state index is -0.654. The second kappa shape index (κ2) is 9.53. The van der Waals surface area contributed by atoms with Gasteiger partial charge in [0.1, 0.15) is 12.6 Å². The van der Waals surface area contributed by atoms with Crippen molar-refractivity contribution in [2.24, 2.45) is 0 Å². The molecule has 6 nitrogen and oxygen atoms in total. The summed E-state index contributed by atoms with van der Waals surface area (Å²) in [5, 5.41) is 4.86. The van der Waals surface area contributed by atoms with Gasteiger partial charge >= 0.3 is 0 Å². The molecular weight excluding hydrogens is 438 g/mol. The maximum atomic E-state index is 13.8. The van der Waals surface area contributed by atoms with Crippen molar-refractivity contribution < 1.29 is 14.4 Å². The Hall–Kier alpha value is -3.67. The third-order valence-corrected chi connectivity index (χ3v) is 6.30. The molecule has 0 aliphatic carbocycles. The Labute approximate surface area is 206 Å². The maximum Gasteiger partial charge on any atom is 0.259 e. The van der Waals surface area contributed by atoms with Crippen LogP contribution in [0.2, 0.25) is 0 Å². The van der Waals surface area contributed by atoms with Gasteiger partial charge in [0.15, 0.2) is 0 Å². The first-order valence-corrected chi connectivity index (χ1v) is 12.1. The van der Waals surface area contributed by atoms with Crippen LogP contribution in [0.5, 0.6) is 0 Å². The van der Waals surface area contributed by atoms with E-state index in [0.29, 0.717) is 12.0 Å². The number of anilines is 1. The van der Waals surface area contributed by atoms with Gasteiger partial charge in [-0.05, 0) is 57.2 Å². The van der Waals surface area contributed by atoms with Crippen LogP contribution >= 0.6 is 0 Å². The number of amides is 3. The number of carbonyl (C=O) groups is 3. The van der Waals surface area contributed by atoms with Crippen molar-refractivity contribution in [3.05, 3.63) is 77.4 Å². The molecule has 6 heteroatoms. The molecule has 0 radical (unpaired) electrons. The molecule has 1 N–H and O–H groups in total. The number of hydrogen-bond acceptors (Lipinski definition) is 3. The Bertz CT molecular complexity index is 1270. The molecule has 4 rings (SSSR count). The van der Waals surface area contributed by atoms with E-state index in [4.69, 9.17) is 0 Å². The maximum absolute atomic E-state index is 13.8. The molecule has 3 amide bonds. The zero-order chi connectivity index (χ0) is 25.3. The van der Waals surface area contributed by atoms with Crippen LogP contribution < -0.4 is 10.2 Å². The highest BCUT2D eigenvalue weighted by molar-refractivity contribution is 6.26. The molecule has 1 heterocycles. The summed E-state index contributed by atoms with van der Waals surface area (Å²) in [7, 11) is 0. The molecule has 3 aromatic carbocycles. The molecule has 3 aromatic rings. The molecule has 0 aromatic heterocycles. The highest BCUT2D eigenvalue weighted by atomic mass is 16.2. The summed E-state index contributed by atoms with van der Waals surface area (Å²) in [6, 6.07) is 18.6. The highest BCUT2D eigenvalue weighted by Gasteiger charge is 2.35. The van der Waals surface area contributed by atoms with Gasteiger partial charge in [-0.2, -0.15) is 0 Å². The predicted octanol–water partition coefficient (Wildman–Crippen LogP) is 4.83. The zero-order valence-electron chi connectivity index (χ0n) is 21.1. The van der Waals surface area contributed by atoms with Crippen LogP contribution in [-0.4, -0.2) is 40.7 Å². The molecule has 35 heavy (non-hydrogen) atoms. The largest absolute Gasteiger partial charge is 0.350 e. The lowest BCUT2D eigenvalue weighted by molar-refractivity contribution is -0.141. The van der Waals surface area contributed by atoms with Crippen LogP contribution in [0.15, 0.2) is 60.7 Å². The lowest BCUT2D eigenvalue weighted by Gasteiger charge is -2.34. The second-order valence-corrected chi connectivity index (χ2v) is 10.2. The number of benzene rings is 3. The van der Waals surface area contributed by atoms with E-state index in [0.717, 1.165) is 27.6 Å². The highest BCUT2D eigenvalue weighted by Crippen LogP contribution is 2.37. The van der Waals surface area contributed by atoms with Gasteiger partial charge in [-0.15, -0.1) is 0 Å². The van der Waals surface area contributed by atoms with E-state index in [1.165, 1.54) is 4.90 Å². The summed E-state index contributed by atoms with van der Waals surface area (Å²) in [5.74, 6) is -0.647. The lowest BCUT2D eigenvalue weighted by Crippen LogP contribution is -2.55. The first-order valence-electron chi connectivity index (χ1n) is 12.1. The molecule has 1 aliphatic heterocycles. The third-order valence-electron chi connectivity index (χ3n) is 6.30. The fourth-order valence-electron chi connectivity index (χ4n) is 4.62. The monoisotopic (exact) mass is 471 g/mol. The van der Waals surface area contributed by atoms with E-state index in [1.54, 1.807) is 11.0 Å². The van der Waals surface area contributed by atoms with Crippen molar-refractivity contribution in [1.29, 1.82) is 0 Å². The number of nitrogens with zero attached hydrogens (tertiary/aromatic N) is 2. The van der Waals surface area contributed by atoms with Crippen LogP contribution in [0, 0.1) is 6.92 Å². The van der Waals surface area contributed by atoms with E-state index in [9.17, 15) is 14.4 Å². The van der Waals surface area contributed by atoms with Crippen LogP contribution in [0.1, 0.15) is 55.6 Å². The van der Waals surface area contributed by atoms with Crippen LogP contribution in [-0.2, 0) is 16.1 Å². The van der Waals surface area contributed by atoms with Gasteiger partial charge in [0, 0.05) is 23.0 Å². The number of nitrogens with one attached hydrogen (secondary N) is 1. The Morgan fingerprint density at radius 2 is 1.66 bits per heavy atom. The SMILES string of the molecule is CC[C@H](C(=O)NC(C)(C)C)N(Cc1ccc(C)cc1)C(=O)CN1C(=O)c2cccc3cccc1c23. The van der Waals surface area contributed by atoms with Crippen molar-refractivity contribution in [3.8, 4) is 0 Å². The van der Waals surface area contributed by atoms with Crippen LogP contribution in [0.4, 0.5) is 5.69 Å². The predicted molar refractivity (Wildman–Crippen MR) is 139 cm³/mol. The van der Waals surface area contributed by atoms with Crippen molar-refractivity contribution in [2.75, 3.05) is 11.4 Å². The van der Waals surface area contributed by atoms with Crippen molar-refractivity contribution in [1.82, 2.24) is 10.2 Å². The molecule has 0 saturated heterocycles. The lowest BCUT2D eigenvalue weighted by atomic mass is 10.0. The number of hydrogen-bond donors (Lipinski definition) is 1. The summed E-state index contributed by atoms with van der Waals surface area (Å²) in [6.45, 7) is 9.83. The second-order valence-electron chi connectivity index (χ2n) is 10.2. The van der Waals surface area contributed by atoms with Gasteiger partial charge in [-0.3, -0.25) is 19.3 Å². The van der Waals surface area contributed by atoms with Crippen LogP contribution in [0.3, 0.4) is 0 Å². The Balaban J connectivity index is 1.66. The van der Waals surface area contributed by atoms with E-state index in [-0.39, 0.29) is 30.8 Å². The quantitative estimate of drug-likeness (QED) is 0.537. The smallest absolute Gasteiger partial charge is 0.259 e. The average Bonchev–Trinajstić information content (AvgIpc) is 3.07. The molecular formula is C29H33N3O3. The molecule has 182 valence electrons. The first-order chi connectivity index (χ1) is 16.6. The number of aryl methyl sites for hydroxylation is 1. The third kappa shape index (κ3) is 5.06. The molecule has 0 fully saturated rings. The summed E-state index contributed by atoms with van der Waals surface area (Å²) in [4.78, 5) is 43.5. The fourth-order valence-corrected chi connectivity index (χ4v) is 4.62.